The predicted octanol–water partition coefficient (Wildman–Crippen LogP) is 1.77. The molecule has 0 radical (unpaired) electrons. The van der Waals surface area contributed by atoms with Gasteiger partial charge in [0.15, 0.2) is 0 Å². The van der Waals surface area contributed by atoms with Gasteiger partial charge in [-0.05, 0) is 30.5 Å². The molecule has 1 saturated heterocycles. The fourth-order valence-electron chi connectivity index (χ4n) is 2.26. The third kappa shape index (κ3) is 7.11. The summed E-state index contributed by atoms with van der Waals surface area (Å²) in [5, 5.41) is 15.6. The largest absolute Gasteiger partial charge is 0.490 e. The van der Waals surface area contributed by atoms with Gasteiger partial charge in [-0.3, -0.25) is 10.0 Å². The second-order valence-corrected chi connectivity index (χ2v) is 5.50. The van der Waals surface area contributed by atoms with Crippen molar-refractivity contribution in [1.29, 1.82) is 0 Å². The second-order valence-electron chi connectivity index (χ2n) is 5.50. The number of hydrogen-bond acceptors (Lipinski definition) is 5. The van der Waals surface area contributed by atoms with Crippen molar-refractivity contribution in [2.75, 3.05) is 18.0 Å². The molecule has 0 atom stereocenters. The number of alkyl halides is 3. The highest BCUT2D eigenvalue weighted by atomic mass is 19.4. The van der Waals surface area contributed by atoms with Crippen molar-refractivity contribution in [1.82, 2.24) is 5.48 Å². The average Bonchev–Trinajstić information content (AvgIpc) is 2.60. The first-order valence-electron chi connectivity index (χ1n) is 7.67. The number of hydroxylamine groups is 1. The van der Waals surface area contributed by atoms with E-state index in [1.807, 2.05) is 24.3 Å². The molecule has 7 nitrogen and oxygen atoms in total. The summed E-state index contributed by atoms with van der Waals surface area (Å²) in [4.78, 5) is 22.2. The Balaban J connectivity index is 0.000000412. The Morgan fingerprint density at radius 3 is 2.27 bits per heavy atom. The first-order chi connectivity index (χ1) is 12.1. The van der Waals surface area contributed by atoms with Crippen molar-refractivity contribution < 1.29 is 33.1 Å². The molecule has 1 fully saturated rings. The van der Waals surface area contributed by atoms with Crippen LogP contribution in [0.25, 0.3) is 6.08 Å². The number of carbonyl (C=O) groups is 2. The summed E-state index contributed by atoms with van der Waals surface area (Å²) in [5.41, 5.74) is 9.55. The van der Waals surface area contributed by atoms with E-state index in [1.165, 1.54) is 6.08 Å². The molecule has 10 heteroatoms. The number of hydrogen-bond donors (Lipinski definition) is 4. The summed E-state index contributed by atoms with van der Waals surface area (Å²) in [7, 11) is 0. The van der Waals surface area contributed by atoms with E-state index in [1.54, 1.807) is 11.6 Å². The Labute approximate surface area is 147 Å². The molecule has 2 rings (SSSR count). The van der Waals surface area contributed by atoms with E-state index >= 15 is 0 Å². The van der Waals surface area contributed by atoms with Crippen LogP contribution in [-0.2, 0) is 9.59 Å². The number of carboxylic acids is 1. The maximum Gasteiger partial charge on any atom is 0.490 e. The number of aliphatic carboxylic acids is 1. The smallest absolute Gasteiger partial charge is 0.475 e. The molecule has 1 heterocycles. The van der Waals surface area contributed by atoms with Crippen molar-refractivity contribution in [2.45, 2.75) is 25.1 Å². The summed E-state index contributed by atoms with van der Waals surface area (Å²) in [6.07, 6.45) is -0.103. The summed E-state index contributed by atoms with van der Waals surface area (Å²) in [6, 6.07) is 8.18. The molecule has 0 aromatic heterocycles. The van der Waals surface area contributed by atoms with Crippen molar-refractivity contribution >= 4 is 23.6 Å². The molecule has 0 spiro atoms. The van der Waals surface area contributed by atoms with Gasteiger partial charge in [0.2, 0.25) is 0 Å². The number of nitrogens with one attached hydrogen (secondary N) is 1. The molecule has 1 aromatic rings. The van der Waals surface area contributed by atoms with Crippen LogP contribution in [0.5, 0.6) is 0 Å². The van der Waals surface area contributed by atoms with Gasteiger partial charge >= 0.3 is 12.1 Å². The second kappa shape index (κ2) is 9.78. The van der Waals surface area contributed by atoms with Crippen LogP contribution in [0.4, 0.5) is 18.9 Å². The number of para-hydroxylation sites is 1. The van der Waals surface area contributed by atoms with E-state index in [2.05, 4.69) is 4.90 Å². The molecular weight excluding hydrogens is 355 g/mol. The van der Waals surface area contributed by atoms with Gasteiger partial charge in [0.05, 0.1) is 0 Å². The van der Waals surface area contributed by atoms with Crippen molar-refractivity contribution in [3.63, 3.8) is 0 Å². The zero-order valence-corrected chi connectivity index (χ0v) is 13.7. The van der Waals surface area contributed by atoms with Crippen molar-refractivity contribution in [3.05, 3.63) is 35.9 Å². The van der Waals surface area contributed by atoms with Crippen LogP contribution in [0.3, 0.4) is 0 Å². The fraction of sp³-hybridized carbons (Fsp3) is 0.375. The Kier molecular flexibility index (Phi) is 8.07. The summed E-state index contributed by atoms with van der Waals surface area (Å²) < 4.78 is 31.7. The molecule has 5 N–H and O–H groups in total. The monoisotopic (exact) mass is 375 g/mol. The number of rotatable bonds is 3. The molecule has 0 unspecified atom stereocenters. The van der Waals surface area contributed by atoms with E-state index in [0.717, 1.165) is 37.2 Å². The number of amides is 1. The van der Waals surface area contributed by atoms with Gasteiger partial charge in [0.1, 0.15) is 0 Å². The molecule has 26 heavy (non-hydrogen) atoms. The third-order valence-electron chi connectivity index (χ3n) is 3.58. The normalized spacial score (nSPS) is 15.3. The lowest BCUT2D eigenvalue weighted by atomic mass is 10.0. The highest BCUT2D eigenvalue weighted by Gasteiger charge is 2.38. The molecule has 0 bridgehead atoms. The van der Waals surface area contributed by atoms with Gasteiger partial charge in [-0.1, -0.05) is 18.2 Å². The lowest BCUT2D eigenvalue weighted by Gasteiger charge is -2.33. The standard InChI is InChI=1S/C14H19N3O2.C2HF3O2/c15-12-7-9-17(10-8-12)13-4-2-1-3-11(13)5-6-14(18)16-19;3-2(4,5)1(6)7/h1-6,12,19H,7-10,15H2,(H,16,18);(H,6,7)/b6-5+;. The van der Waals surface area contributed by atoms with E-state index in [0.29, 0.717) is 6.04 Å². The molecule has 1 amide bonds. The summed E-state index contributed by atoms with van der Waals surface area (Å²) in [5.74, 6) is -3.29. The van der Waals surface area contributed by atoms with Gasteiger partial charge in [0, 0.05) is 30.9 Å². The SMILES string of the molecule is NC1CCN(c2ccccc2/C=C/C(=O)NO)CC1.O=C(O)C(F)(F)F. The number of carbonyl (C=O) groups excluding carboxylic acids is 1. The van der Waals surface area contributed by atoms with Crippen LogP contribution in [0.15, 0.2) is 30.3 Å². The molecule has 0 aliphatic carbocycles. The van der Waals surface area contributed by atoms with Crippen LogP contribution < -0.4 is 16.1 Å². The Morgan fingerprint density at radius 1 is 1.23 bits per heavy atom. The first-order valence-corrected chi connectivity index (χ1v) is 7.67. The molecule has 144 valence electrons. The average molecular weight is 375 g/mol. The van der Waals surface area contributed by atoms with E-state index < -0.39 is 18.1 Å². The Morgan fingerprint density at radius 2 is 1.77 bits per heavy atom. The Hall–Kier alpha value is -2.59. The summed E-state index contributed by atoms with van der Waals surface area (Å²) in [6.45, 7) is 1.86. The summed E-state index contributed by atoms with van der Waals surface area (Å²) >= 11 is 0. The molecule has 1 aliphatic heterocycles. The zero-order valence-electron chi connectivity index (χ0n) is 13.7. The number of piperidine rings is 1. The molecule has 0 saturated carbocycles. The topological polar surface area (TPSA) is 116 Å². The van der Waals surface area contributed by atoms with Crippen LogP contribution in [-0.4, -0.2) is 47.5 Å². The quantitative estimate of drug-likeness (QED) is 0.364. The van der Waals surface area contributed by atoms with Gasteiger partial charge in [0.25, 0.3) is 5.91 Å². The zero-order chi connectivity index (χ0) is 19.7. The lowest BCUT2D eigenvalue weighted by Crippen LogP contribution is -2.39. The van der Waals surface area contributed by atoms with Crippen molar-refractivity contribution in [2.24, 2.45) is 5.73 Å². The van der Waals surface area contributed by atoms with Gasteiger partial charge < -0.3 is 15.7 Å². The lowest BCUT2D eigenvalue weighted by molar-refractivity contribution is -0.192. The molecular formula is C16H20F3N3O4. The highest BCUT2D eigenvalue weighted by molar-refractivity contribution is 5.91. The predicted molar refractivity (Wildman–Crippen MR) is 88.5 cm³/mol. The third-order valence-corrected chi connectivity index (χ3v) is 3.58. The number of nitrogens with two attached hydrogens (primary N) is 1. The minimum absolute atomic E-state index is 0.291. The van der Waals surface area contributed by atoms with E-state index in [9.17, 15) is 18.0 Å². The molecule has 1 aliphatic rings. The van der Waals surface area contributed by atoms with Crippen molar-refractivity contribution in [3.8, 4) is 0 Å². The van der Waals surface area contributed by atoms with Crippen LogP contribution >= 0.6 is 0 Å². The van der Waals surface area contributed by atoms with E-state index in [4.69, 9.17) is 20.8 Å². The minimum Gasteiger partial charge on any atom is -0.475 e. The fourth-order valence-corrected chi connectivity index (χ4v) is 2.26. The number of carboxylic acid groups (broad SMARTS) is 1. The van der Waals surface area contributed by atoms with Gasteiger partial charge in [-0.25, -0.2) is 10.3 Å². The van der Waals surface area contributed by atoms with Gasteiger partial charge in [-0.15, -0.1) is 0 Å². The maximum absolute atomic E-state index is 11.0. The van der Waals surface area contributed by atoms with Gasteiger partial charge in [-0.2, -0.15) is 13.2 Å². The number of halogens is 3. The highest BCUT2D eigenvalue weighted by Crippen LogP contribution is 2.24. The number of benzene rings is 1. The number of nitrogens with zero attached hydrogens (tertiary/aromatic N) is 1. The minimum atomic E-state index is -5.08. The number of anilines is 1. The Bertz CT molecular complexity index is 642. The molecule has 1 aromatic carbocycles. The maximum atomic E-state index is 11.0. The first kappa shape index (κ1) is 21.5. The van der Waals surface area contributed by atoms with Crippen LogP contribution in [0, 0.1) is 0 Å². The van der Waals surface area contributed by atoms with Crippen LogP contribution in [0.2, 0.25) is 0 Å². The van der Waals surface area contributed by atoms with E-state index in [-0.39, 0.29) is 0 Å². The van der Waals surface area contributed by atoms with Crippen LogP contribution in [0.1, 0.15) is 18.4 Å².